The van der Waals surface area contributed by atoms with Gasteiger partial charge in [0.15, 0.2) is 0 Å². The van der Waals surface area contributed by atoms with Crippen molar-refractivity contribution in [3.8, 4) is 5.75 Å². The number of nitrogens with zero attached hydrogens (tertiary/aromatic N) is 2. The highest BCUT2D eigenvalue weighted by atomic mass is 16.5. The Morgan fingerprint density at radius 3 is 2.71 bits per heavy atom. The predicted octanol–water partition coefficient (Wildman–Crippen LogP) is 2.49. The van der Waals surface area contributed by atoms with Gasteiger partial charge in [0.2, 0.25) is 0 Å². The van der Waals surface area contributed by atoms with Crippen molar-refractivity contribution < 1.29 is 14.3 Å². The SMILES string of the molecule is COc1ccc(C)cc1NC(=O)c1ccc(N2CCOCC2)nc1. The van der Waals surface area contributed by atoms with Gasteiger partial charge in [0.05, 0.1) is 31.6 Å². The quantitative estimate of drug-likeness (QED) is 0.935. The van der Waals surface area contributed by atoms with E-state index >= 15 is 0 Å². The molecule has 24 heavy (non-hydrogen) atoms. The summed E-state index contributed by atoms with van der Waals surface area (Å²) in [6.45, 7) is 5.01. The normalized spacial score (nSPS) is 14.3. The molecule has 0 aliphatic carbocycles. The summed E-state index contributed by atoms with van der Waals surface area (Å²) >= 11 is 0. The molecular formula is C18H21N3O3. The molecule has 3 rings (SSSR count). The number of methoxy groups -OCH3 is 1. The van der Waals surface area contributed by atoms with Crippen LogP contribution in [0.15, 0.2) is 36.5 Å². The fourth-order valence-corrected chi connectivity index (χ4v) is 2.61. The van der Waals surface area contributed by atoms with Crippen molar-refractivity contribution in [3.05, 3.63) is 47.7 Å². The van der Waals surface area contributed by atoms with E-state index in [0.717, 1.165) is 24.5 Å². The first-order valence-electron chi connectivity index (χ1n) is 7.92. The van der Waals surface area contributed by atoms with Crippen molar-refractivity contribution in [1.82, 2.24) is 4.98 Å². The van der Waals surface area contributed by atoms with Crippen molar-refractivity contribution in [2.24, 2.45) is 0 Å². The van der Waals surface area contributed by atoms with Gasteiger partial charge >= 0.3 is 0 Å². The highest BCUT2D eigenvalue weighted by molar-refractivity contribution is 6.05. The van der Waals surface area contributed by atoms with E-state index in [2.05, 4.69) is 15.2 Å². The second kappa shape index (κ2) is 7.31. The first kappa shape index (κ1) is 16.3. The molecule has 2 heterocycles. The molecule has 1 aliphatic rings. The fourth-order valence-electron chi connectivity index (χ4n) is 2.61. The molecular weight excluding hydrogens is 306 g/mol. The Labute approximate surface area is 141 Å². The molecule has 0 atom stereocenters. The molecule has 2 aromatic rings. The Morgan fingerprint density at radius 1 is 1.25 bits per heavy atom. The van der Waals surface area contributed by atoms with Gasteiger partial charge in [0.1, 0.15) is 11.6 Å². The zero-order chi connectivity index (χ0) is 16.9. The number of carbonyl (C=O) groups is 1. The van der Waals surface area contributed by atoms with Crippen molar-refractivity contribution in [2.45, 2.75) is 6.92 Å². The number of ether oxygens (including phenoxy) is 2. The Balaban J connectivity index is 1.72. The van der Waals surface area contributed by atoms with Crippen LogP contribution in [0.2, 0.25) is 0 Å². The van der Waals surface area contributed by atoms with Gasteiger partial charge in [-0.25, -0.2) is 4.98 Å². The number of pyridine rings is 1. The van der Waals surface area contributed by atoms with E-state index in [4.69, 9.17) is 9.47 Å². The molecule has 1 N–H and O–H groups in total. The van der Waals surface area contributed by atoms with Crippen molar-refractivity contribution in [3.63, 3.8) is 0 Å². The van der Waals surface area contributed by atoms with Gasteiger partial charge in [-0.2, -0.15) is 0 Å². The maximum absolute atomic E-state index is 12.4. The molecule has 0 bridgehead atoms. The van der Waals surface area contributed by atoms with Crippen LogP contribution in [-0.2, 0) is 4.74 Å². The van der Waals surface area contributed by atoms with E-state index < -0.39 is 0 Å². The summed E-state index contributed by atoms with van der Waals surface area (Å²) in [6, 6.07) is 9.31. The summed E-state index contributed by atoms with van der Waals surface area (Å²) in [7, 11) is 1.58. The molecule has 1 aromatic carbocycles. The number of morpholine rings is 1. The zero-order valence-electron chi connectivity index (χ0n) is 13.9. The molecule has 1 amide bonds. The van der Waals surface area contributed by atoms with Gasteiger partial charge in [-0.15, -0.1) is 0 Å². The number of benzene rings is 1. The minimum atomic E-state index is -0.208. The summed E-state index contributed by atoms with van der Waals surface area (Å²) in [4.78, 5) is 19.0. The number of amides is 1. The van der Waals surface area contributed by atoms with Crippen LogP contribution in [0, 0.1) is 6.92 Å². The third-order valence-corrected chi connectivity index (χ3v) is 3.95. The van der Waals surface area contributed by atoms with Crippen LogP contribution in [0.3, 0.4) is 0 Å². The minimum Gasteiger partial charge on any atom is -0.495 e. The summed E-state index contributed by atoms with van der Waals surface area (Å²) in [5.74, 6) is 1.29. The molecule has 1 aromatic heterocycles. The lowest BCUT2D eigenvalue weighted by Crippen LogP contribution is -2.36. The summed E-state index contributed by atoms with van der Waals surface area (Å²) in [5.41, 5.74) is 2.21. The van der Waals surface area contributed by atoms with Gasteiger partial charge in [-0.1, -0.05) is 6.07 Å². The van der Waals surface area contributed by atoms with E-state index in [1.165, 1.54) is 0 Å². The first-order chi connectivity index (χ1) is 11.7. The van der Waals surface area contributed by atoms with Crippen LogP contribution in [0.1, 0.15) is 15.9 Å². The molecule has 0 unspecified atom stereocenters. The third-order valence-electron chi connectivity index (χ3n) is 3.95. The molecule has 1 saturated heterocycles. The van der Waals surface area contributed by atoms with E-state index in [1.807, 2.05) is 31.2 Å². The second-order valence-corrected chi connectivity index (χ2v) is 5.66. The number of aryl methyl sites for hydroxylation is 1. The van der Waals surface area contributed by atoms with Crippen LogP contribution in [0.5, 0.6) is 5.75 Å². The monoisotopic (exact) mass is 327 g/mol. The molecule has 1 fully saturated rings. The van der Waals surface area contributed by atoms with Gasteiger partial charge in [0.25, 0.3) is 5.91 Å². The lowest BCUT2D eigenvalue weighted by molar-refractivity contribution is 0.102. The number of hydrogen-bond acceptors (Lipinski definition) is 5. The number of nitrogens with one attached hydrogen (secondary N) is 1. The smallest absolute Gasteiger partial charge is 0.257 e. The third kappa shape index (κ3) is 3.65. The van der Waals surface area contributed by atoms with E-state index in [-0.39, 0.29) is 5.91 Å². The van der Waals surface area contributed by atoms with Crippen molar-refractivity contribution in [1.29, 1.82) is 0 Å². The highest BCUT2D eigenvalue weighted by Crippen LogP contribution is 2.25. The fraction of sp³-hybridized carbons (Fsp3) is 0.333. The minimum absolute atomic E-state index is 0.208. The topological polar surface area (TPSA) is 63.7 Å². The average Bonchev–Trinajstić information content (AvgIpc) is 2.63. The van der Waals surface area contributed by atoms with E-state index in [1.54, 1.807) is 19.4 Å². The summed E-state index contributed by atoms with van der Waals surface area (Å²) in [6.07, 6.45) is 1.60. The Hall–Kier alpha value is -2.60. The predicted molar refractivity (Wildman–Crippen MR) is 93.0 cm³/mol. The van der Waals surface area contributed by atoms with Gasteiger partial charge in [0, 0.05) is 19.3 Å². The highest BCUT2D eigenvalue weighted by Gasteiger charge is 2.14. The van der Waals surface area contributed by atoms with Crippen LogP contribution >= 0.6 is 0 Å². The first-order valence-corrected chi connectivity index (χ1v) is 7.92. The molecule has 0 radical (unpaired) electrons. The standard InChI is InChI=1S/C18H21N3O3/c1-13-3-5-16(23-2)15(11-13)20-18(22)14-4-6-17(19-12-14)21-7-9-24-10-8-21/h3-6,11-12H,7-10H2,1-2H3,(H,20,22). The second-order valence-electron chi connectivity index (χ2n) is 5.66. The maximum atomic E-state index is 12.4. The molecule has 0 spiro atoms. The Morgan fingerprint density at radius 2 is 2.04 bits per heavy atom. The van der Waals surface area contributed by atoms with E-state index in [0.29, 0.717) is 30.2 Å². The van der Waals surface area contributed by atoms with Crippen LogP contribution in [-0.4, -0.2) is 44.3 Å². The largest absolute Gasteiger partial charge is 0.495 e. The lowest BCUT2D eigenvalue weighted by atomic mass is 10.2. The summed E-state index contributed by atoms with van der Waals surface area (Å²) in [5, 5.41) is 2.88. The number of aromatic nitrogens is 1. The molecule has 0 saturated carbocycles. The molecule has 6 nitrogen and oxygen atoms in total. The van der Waals surface area contributed by atoms with E-state index in [9.17, 15) is 4.79 Å². The number of carbonyl (C=O) groups excluding carboxylic acids is 1. The lowest BCUT2D eigenvalue weighted by Gasteiger charge is -2.27. The number of anilines is 2. The van der Waals surface area contributed by atoms with Crippen LogP contribution < -0.4 is 15.0 Å². The van der Waals surface area contributed by atoms with Crippen molar-refractivity contribution in [2.75, 3.05) is 43.6 Å². The molecule has 126 valence electrons. The molecule has 6 heteroatoms. The van der Waals surface area contributed by atoms with Crippen LogP contribution in [0.25, 0.3) is 0 Å². The average molecular weight is 327 g/mol. The zero-order valence-corrected chi connectivity index (χ0v) is 13.9. The number of rotatable bonds is 4. The van der Waals surface area contributed by atoms with Gasteiger partial charge in [-0.3, -0.25) is 4.79 Å². The summed E-state index contributed by atoms with van der Waals surface area (Å²) < 4.78 is 10.6. The van der Waals surface area contributed by atoms with Gasteiger partial charge in [-0.05, 0) is 36.8 Å². The number of hydrogen-bond donors (Lipinski definition) is 1. The molecule has 1 aliphatic heterocycles. The van der Waals surface area contributed by atoms with Crippen molar-refractivity contribution >= 4 is 17.4 Å². The Kier molecular flexibility index (Phi) is 4.96. The Bertz CT molecular complexity index is 710. The van der Waals surface area contributed by atoms with Gasteiger partial charge < -0.3 is 19.7 Å². The maximum Gasteiger partial charge on any atom is 0.257 e. The van der Waals surface area contributed by atoms with Crippen LogP contribution in [0.4, 0.5) is 11.5 Å².